The predicted octanol–water partition coefficient (Wildman–Crippen LogP) is 5.13. The Morgan fingerprint density at radius 1 is 1.00 bits per heavy atom. The molecule has 4 heteroatoms. The van der Waals surface area contributed by atoms with E-state index < -0.39 is 0 Å². The van der Waals surface area contributed by atoms with Gasteiger partial charge in [0.1, 0.15) is 0 Å². The molecule has 0 amide bonds. The van der Waals surface area contributed by atoms with Crippen LogP contribution in [0.4, 0.5) is 0 Å². The summed E-state index contributed by atoms with van der Waals surface area (Å²) in [4.78, 5) is 34.4. The van der Waals surface area contributed by atoms with Crippen LogP contribution in [-0.4, -0.2) is 21.5 Å². The van der Waals surface area contributed by atoms with E-state index in [0.717, 1.165) is 43.5 Å². The molecule has 4 nitrogen and oxygen atoms in total. The molecule has 26 heavy (non-hydrogen) atoms. The first kappa shape index (κ1) is 20.0. The van der Waals surface area contributed by atoms with Gasteiger partial charge in [0.15, 0.2) is 11.6 Å². The highest BCUT2D eigenvalue weighted by molar-refractivity contribution is 6.11. The molecule has 1 aliphatic carbocycles. The van der Waals surface area contributed by atoms with E-state index in [4.69, 9.17) is 9.97 Å². The van der Waals surface area contributed by atoms with Crippen LogP contribution in [0.15, 0.2) is 24.3 Å². The lowest BCUT2D eigenvalue weighted by Crippen LogP contribution is -2.15. The largest absolute Gasteiger partial charge is 0.294 e. The van der Waals surface area contributed by atoms with Crippen LogP contribution in [0.25, 0.3) is 11.0 Å². The fourth-order valence-corrected chi connectivity index (χ4v) is 3.20. The van der Waals surface area contributed by atoms with Crippen molar-refractivity contribution in [1.82, 2.24) is 9.97 Å². The molecule has 0 bridgehead atoms. The van der Waals surface area contributed by atoms with Crippen LogP contribution in [0.3, 0.4) is 0 Å². The third-order valence-corrected chi connectivity index (χ3v) is 4.93. The van der Waals surface area contributed by atoms with Crippen LogP contribution in [0.5, 0.6) is 0 Å². The van der Waals surface area contributed by atoms with E-state index in [-0.39, 0.29) is 24.9 Å². The monoisotopic (exact) mass is 352 g/mol. The van der Waals surface area contributed by atoms with Crippen molar-refractivity contribution in [3.63, 3.8) is 0 Å². The second-order valence-electron chi connectivity index (χ2n) is 6.78. The maximum atomic E-state index is 12.7. The average Bonchev–Trinajstić information content (AvgIpc) is 2.59. The van der Waals surface area contributed by atoms with Crippen LogP contribution >= 0.6 is 0 Å². The molecule has 1 aromatic heterocycles. The molecule has 0 aliphatic heterocycles. The summed E-state index contributed by atoms with van der Waals surface area (Å²) in [6.07, 6.45) is 8.75. The Labute approximate surface area is 155 Å². The van der Waals surface area contributed by atoms with Gasteiger partial charge in [-0.05, 0) is 51.2 Å². The quantitative estimate of drug-likeness (QED) is 0.565. The highest BCUT2D eigenvalue weighted by Crippen LogP contribution is 2.24. The Morgan fingerprint density at radius 3 is 1.96 bits per heavy atom. The van der Waals surface area contributed by atoms with Crippen molar-refractivity contribution >= 4 is 22.6 Å². The SMILES string of the molecule is C.CCC(C)C(=O)c1cc2nc3c(nc2cc1C(C)=O)CC/C=C/CC3. The van der Waals surface area contributed by atoms with E-state index in [9.17, 15) is 9.59 Å². The number of Topliss-reactive ketones (excluding diaryl/α,β-unsaturated/α-hetero) is 2. The summed E-state index contributed by atoms with van der Waals surface area (Å²) in [7, 11) is 0. The smallest absolute Gasteiger partial charge is 0.166 e. The molecule has 3 rings (SSSR count). The van der Waals surface area contributed by atoms with E-state index in [1.54, 1.807) is 12.1 Å². The van der Waals surface area contributed by atoms with Crippen LogP contribution in [-0.2, 0) is 12.8 Å². The number of rotatable bonds is 4. The lowest BCUT2D eigenvalue weighted by atomic mass is 9.91. The zero-order valence-corrected chi connectivity index (χ0v) is 15.1. The molecule has 1 aliphatic rings. The molecular formula is C22H28N2O2. The van der Waals surface area contributed by atoms with Gasteiger partial charge in [-0.3, -0.25) is 9.59 Å². The minimum atomic E-state index is -0.113. The lowest BCUT2D eigenvalue weighted by Gasteiger charge is -2.14. The fourth-order valence-electron chi connectivity index (χ4n) is 3.20. The fraction of sp³-hybridized carbons (Fsp3) is 0.455. The Balaban J connectivity index is 0.00000243. The van der Waals surface area contributed by atoms with E-state index in [1.807, 2.05) is 13.8 Å². The topological polar surface area (TPSA) is 59.9 Å². The number of benzene rings is 1. The molecule has 2 aromatic rings. The Kier molecular flexibility index (Phi) is 6.41. The Morgan fingerprint density at radius 2 is 1.50 bits per heavy atom. The van der Waals surface area contributed by atoms with Crippen molar-refractivity contribution in [2.45, 2.75) is 60.3 Å². The third-order valence-electron chi connectivity index (χ3n) is 4.93. The molecule has 0 spiro atoms. The summed E-state index contributed by atoms with van der Waals surface area (Å²) in [6.45, 7) is 5.38. The number of allylic oxidation sites excluding steroid dienone is 2. The number of nitrogens with zero attached hydrogens (tertiary/aromatic N) is 2. The number of fused-ring (bicyclic) bond motifs is 2. The van der Waals surface area contributed by atoms with Crippen molar-refractivity contribution < 1.29 is 9.59 Å². The molecule has 1 unspecified atom stereocenters. The van der Waals surface area contributed by atoms with Crippen molar-refractivity contribution in [1.29, 1.82) is 0 Å². The van der Waals surface area contributed by atoms with Gasteiger partial charge in [-0.2, -0.15) is 0 Å². The van der Waals surface area contributed by atoms with Crippen molar-refractivity contribution in [3.05, 3.63) is 46.8 Å². The normalized spacial score (nSPS) is 16.0. The van der Waals surface area contributed by atoms with Gasteiger partial charge < -0.3 is 0 Å². The number of aromatic nitrogens is 2. The van der Waals surface area contributed by atoms with E-state index in [0.29, 0.717) is 22.2 Å². The minimum absolute atomic E-state index is 0. The van der Waals surface area contributed by atoms with Crippen molar-refractivity contribution in [2.75, 3.05) is 0 Å². The van der Waals surface area contributed by atoms with Crippen LogP contribution < -0.4 is 0 Å². The summed E-state index contributed by atoms with van der Waals surface area (Å²) < 4.78 is 0. The standard InChI is InChI=1S/C21H24N2O2.CH4/c1-4-13(2)21(25)16-12-20-19(11-15(16)14(3)24)22-17-9-7-5-6-8-10-18(17)23-20;/h5-6,11-13H,4,7-10H2,1-3H3;1H4/b6-5+;. The molecule has 0 N–H and O–H groups in total. The van der Waals surface area contributed by atoms with Crippen LogP contribution in [0.1, 0.15) is 79.6 Å². The van der Waals surface area contributed by atoms with Gasteiger partial charge in [0.2, 0.25) is 0 Å². The molecule has 1 aromatic carbocycles. The molecule has 0 fully saturated rings. The number of ketones is 2. The molecule has 1 atom stereocenters. The molecule has 1 heterocycles. The third kappa shape index (κ3) is 3.90. The average molecular weight is 352 g/mol. The summed E-state index contributed by atoms with van der Waals surface area (Å²) in [5.41, 5.74) is 4.36. The van der Waals surface area contributed by atoms with E-state index >= 15 is 0 Å². The van der Waals surface area contributed by atoms with Gasteiger partial charge in [0, 0.05) is 17.0 Å². The first-order valence-corrected chi connectivity index (χ1v) is 9.05. The number of carbonyl (C=O) groups is 2. The highest BCUT2D eigenvalue weighted by atomic mass is 16.1. The molecule has 0 saturated heterocycles. The summed E-state index contributed by atoms with van der Waals surface area (Å²) in [5.74, 6) is -0.214. The maximum absolute atomic E-state index is 12.7. The highest BCUT2D eigenvalue weighted by Gasteiger charge is 2.21. The Bertz CT molecular complexity index is 868. The molecule has 0 radical (unpaired) electrons. The predicted molar refractivity (Wildman–Crippen MR) is 106 cm³/mol. The van der Waals surface area contributed by atoms with Gasteiger partial charge in [-0.1, -0.05) is 33.4 Å². The minimum Gasteiger partial charge on any atom is -0.294 e. The van der Waals surface area contributed by atoms with Gasteiger partial charge in [0.05, 0.1) is 22.4 Å². The number of carbonyl (C=O) groups excluding carboxylic acids is 2. The zero-order chi connectivity index (χ0) is 18.0. The van der Waals surface area contributed by atoms with Gasteiger partial charge >= 0.3 is 0 Å². The van der Waals surface area contributed by atoms with Gasteiger partial charge in [0.25, 0.3) is 0 Å². The van der Waals surface area contributed by atoms with Gasteiger partial charge in [-0.25, -0.2) is 9.97 Å². The maximum Gasteiger partial charge on any atom is 0.166 e. The van der Waals surface area contributed by atoms with E-state index in [1.165, 1.54) is 6.92 Å². The lowest BCUT2D eigenvalue weighted by molar-refractivity contribution is 0.0916. The summed E-state index contributed by atoms with van der Waals surface area (Å²) >= 11 is 0. The molecule has 0 saturated carbocycles. The second kappa shape index (κ2) is 8.35. The second-order valence-corrected chi connectivity index (χ2v) is 6.78. The number of hydrogen-bond acceptors (Lipinski definition) is 4. The summed E-state index contributed by atoms with van der Waals surface area (Å²) in [6, 6.07) is 3.51. The first-order chi connectivity index (χ1) is 12.0. The molecule has 138 valence electrons. The summed E-state index contributed by atoms with van der Waals surface area (Å²) in [5, 5.41) is 0. The van der Waals surface area contributed by atoms with E-state index in [2.05, 4.69) is 12.2 Å². The van der Waals surface area contributed by atoms with Gasteiger partial charge in [-0.15, -0.1) is 0 Å². The first-order valence-electron chi connectivity index (χ1n) is 9.05. The zero-order valence-electron chi connectivity index (χ0n) is 15.1. The molecular weight excluding hydrogens is 324 g/mol. The van der Waals surface area contributed by atoms with Crippen LogP contribution in [0.2, 0.25) is 0 Å². The van der Waals surface area contributed by atoms with Crippen LogP contribution in [0, 0.1) is 5.92 Å². The Hall–Kier alpha value is -2.36. The van der Waals surface area contributed by atoms with Crippen molar-refractivity contribution in [3.8, 4) is 0 Å². The number of hydrogen-bond donors (Lipinski definition) is 0. The van der Waals surface area contributed by atoms with Crippen molar-refractivity contribution in [2.24, 2.45) is 5.92 Å². The number of aryl methyl sites for hydroxylation is 2.